The molecule has 0 bridgehead atoms. The number of carbonyl (C=O) groups is 2. The summed E-state index contributed by atoms with van der Waals surface area (Å²) in [6, 6.07) is 13.8. The topological polar surface area (TPSA) is 34.1 Å². The molecule has 0 fully saturated rings. The zero-order valence-electron chi connectivity index (χ0n) is 10.6. The largest absolute Gasteiger partial charge is 0.291 e. The fourth-order valence-corrected chi connectivity index (χ4v) is 2.02. The SMILES string of the molecule is O=C(Cc1ccc(Cl)cc1)C(=O)Cc1ccc(Cl)cc1. The lowest BCUT2D eigenvalue weighted by molar-refractivity contribution is -0.135. The van der Waals surface area contributed by atoms with Gasteiger partial charge in [-0.05, 0) is 35.4 Å². The van der Waals surface area contributed by atoms with Crippen molar-refractivity contribution in [3.8, 4) is 0 Å². The normalized spacial score (nSPS) is 10.3. The van der Waals surface area contributed by atoms with E-state index in [0.717, 1.165) is 11.1 Å². The van der Waals surface area contributed by atoms with Crippen LogP contribution in [-0.4, -0.2) is 11.6 Å². The molecule has 4 heteroatoms. The van der Waals surface area contributed by atoms with Crippen molar-refractivity contribution in [1.82, 2.24) is 0 Å². The molecule has 2 aromatic carbocycles. The van der Waals surface area contributed by atoms with Crippen molar-refractivity contribution in [3.05, 3.63) is 69.7 Å². The Kier molecular flexibility index (Phi) is 4.94. The summed E-state index contributed by atoms with van der Waals surface area (Å²) in [5.74, 6) is -0.801. The van der Waals surface area contributed by atoms with E-state index in [1.807, 2.05) is 0 Å². The van der Waals surface area contributed by atoms with E-state index in [9.17, 15) is 9.59 Å². The first-order valence-electron chi connectivity index (χ1n) is 6.09. The third-order valence-electron chi connectivity index (χ3n) is 2.87. The lowest BCUT2D eigenvalue weighted by atomic mass is 10.0. The van der Waals surface area contributed by atoms with Crippen molar-refractivity contribution in [2.45, 2.75) is 12.8 Å². The van der Waals surface area contributed by atoms with Crippen LogP contribution < -0.4 is 0 Å². The molecule has 0 heterocycles. The van der Waals surface area contributed by atoms with Crippen molar-refractivity contribution >= 4 is 34.8 Å². The highest BCUT2D eigenvalue weighted by Gasteiger charge is 2.14. The highest BCUT2D eigenvalue weighted by Crippen LogP contribution is 2.12. The van der Waals surface area contributed by atoms with Gasteiger partial charge in [0.25, 0.3) is 0 Å². The van der Waals surface area contributed by atoms with Crippen LogP contribution in [0.2, 0.25) is 10.0 Å². The summed E-state index contributed by atoms with van der Waals surface area (Å²) < 4.78 is 0. The fraction of sp³-hybridized carbons (Fsp3) is 0.125. The quantitative estimate of drug-likeness (QED) is 0.785. The molecule has 0 spiro atoms. The first-order valence-corrected chi connectivity index (χ1v) is 6.85. The van der Waals surface area contributed by atoms with Crippen molar-refractivity contribution < 1.29 is 9.59 Å². The van der Waals surface area contributed by atoms with Gasteiger partial charge in [-0.3, -0.25) is 9.59 Å². The van der Waals surface area contributed by atoms with Crippen LogP contribution in [0, 0.1) is 0 Å². The minimum Gasteiger partial charge on any atom is -0.291 e. The highest BCUT2D eigenvalue weighted by molar-refractivity contribution is 6.38. The minimum absolute atomic E-state index is 0.101. The van der Waals surface area contributed by atoms with Crippen LogP contribution in [0.1, 0.15) is 11.1 Å². The summed E-state index contributed by atoms with van der Waals surface area (Å²) in [6.45, 7) is 0. The molecule has 102 valence electrons. The first kappa shape index (κ1) is 14.8. The van der Waals surface area contributed by atoms with Crippen molar-refractivity contribution in [2.24, 2.45) is 0 Å². The van der Waals surface area contributed by atoms with Gasteiger partial charge in [-0.15, -0.1) is 0 Å². The summed E-state index contributed by atoms with van der Waals surface area (Å²) in [5.41, 5.74) is 1.56. The van der Waals surface area contributed by atoms with E-state index >= 15 is 0 Å². The molecule has 0 saturated heterocycles. The van der Waals surface area contributed by atoms with Gasteiger partial charge in [0.05, 0.1) is 0 Å². The Morgan fingerprint density at radius 2 is 0.950 bits per heavy atom. The van der Waals surface area contributed by atoms with E-state index in [-0.39, 0.29) is 12.8 Å². The van der Waals surface area contributed by atoms with E-state index in [0.29, 0.717) is 10.0 Å². The third-order valence-corrected chi connectivity index (χ3v) is 3.37. The van der Waals surface area contributed by atoms with Crippen molar-refractivity contribution in [3.63, 3.8) is 0 Å². The molecule has 0 unspecified atom stereocenters. The molecule has 0 radical (unpaired) electrons. The molecule has 0 aliphatic carbocycles. The monoisotopic (exact) mass is 306 g/mol. The van der Waals surface area contributed by atoms with Crippen LogP contribution >= 0.6 is 23.2 Å². The van der Waals surface area contributed by atoms with Crippen LogP contribution in [0.4, 0.5) is 0 Å². The Balaban J connectivity index is 1.96. The predicted molar refractivity (Wildman–Crippen MR) is 80.3 cm³/mol. The molecule has 0 aliphatic rings. The van der Waals surface area contributed by atoms with Gasteiger partial charge in [0.15, 0.2) is 0 Å². The first-order chi connectivity index (χ1) is 9.54. The van der Waals surface area contributed by atoms with E-state index in [1.54, 1.807) is 48.5 Å². The number of halogens is 2. The van der Waals surface area contributed by atoms with E-state index < -0.39 is 11.6 Å². The Hall–Kier alpha value is -1.64. The number of hydrogen-bond donors (Lipinski definition) is 0. The summed E-state index contributed by atoms with van der Waals surface area (Å²) in [5, 5.41) is 1.21. The number of Topliss-reactive ketones (excluding diaryl/α,β-unsaturated/α-hetero) is 2. The number of rotatable bonds is 5. The summed E-state index contributed by atoms with van der Waals surface area (Å²) in [4.78, 5) is 23.7. The van der Waals surface area contributed by atoms with Gasteiger partial charge in [0.2, 0.25) is 11.6 Å². The van der Waals surface area contributed by atoms with Gasteiger partial charge in [-0.1, -0.05) is 47.5 Å². The molecule has 0 aliphatic heterocycles. The average molecular weight is 307 g/mol. The third kappa shape index (κ3) is 4.19. The second-order valence-corrected chi connectivity index (χ2v) is 5.33. The second kappa shape index (κ2) is 6.69. The van der Waals surface area contributed by atoms with Crippen LogP contribution in [0.25, 0.3) is 0 Å². The Labute approximate surface area is 127 Å². The predicted octanol–water partition coefficient (Wildman–Crippen LogP) is 3.92. The van der Waals surface area contributed by atoms with Crippen molar-refractivity contribution in [2.75, 3.05) is 0 Å². The van der Waals surface area contributed by atoms with Crippen LogP contribution in [0.15, 0.2) is 48.5 Å². The second-order valence-electron chi connectivity index (χ2n) is 4.45. The number of ketones is 2. The summed E-state index contributed by atoms with van der Waals surface area (Å²) >= 11 is 11.5. The van der Waals surface area contributed by atoms with Gasteiger partial charge in [0, 0.05) is 22.9 Å². The Bertz CT molecular complexity index is 558. The summed E-state index contributed by atoms with van der Waals surface area (Å²) in [6.07, 6.45) is 0.202. The molecular weight excluding hydrogens is 295 g/mol. The molecule has 0 atom stereocenters. The number of carbonyl (C=O) groups excluding carboxylic acids is 2. The van der Waals surface area contributed by atoms with Crippen LogP contribution in [-0.2, 0) is 22.4 Å². The van der Waals surface area contributed by atoms with Crippen LogP contribution in [0.5, 0.6) is 0 Å². The van der Waals surface area contributed by atoms with E-state index in [2.05, 4.69) is 0 Å². The van der Waals surface area contributed by atoms with Gasteiger partial charge < -0.3 is 0 Å². The lowest BCUT2D eigenvalue weighted by Crippen LogP contribution is -2.18. The molecule has 2 aromatic rings. The molecule has 2 rings (SSSR count). The molecule has 0 N–H and O–H groups in total. The van der Waals surface area contributed by atoms with Crippen molar-refractivity contribution in [1.29, 1.82) is 0 Å². The zero-order valence-corrected chi connectivity index (χ0v) is 12.1. The average Bonchev–Trinajstić information content (AvgIpc) is 2.44. The molecular formula is C16H12Cl2O2. The molecule has 0 amide bonds. The Morgan fingerprint density at radius 3 is 1.25 bits per heavy atom. The smallest absolute Gasteiger partial charge is 0.203 e. The molecule has 0 aromatic heterocycles. The number of benzene rings is 2. The number of hydrogen-bond acceptors (Lipinski definition) is 2. The van der Waals surface area contributed by atoms with Crippen LogP contribution in [0.3, 0.4) is 0 Å². The van der Waals surface area contributed by atoms with E-state index in [1.165, 1.54) is 0 Å². The maximum absolute atomic E-state index is 11.9. The maximum Gasteiger partial charge on any atom is 0.203 e. The summed E-state index contributed by atoms with van der Waals surface area (Å²) in [7, 11) is 0. The zero-order chi connectivity index (χ0) is 14.5. The van der Waals surface area contributed by atoms with Gasteiger partial charge >= 0.3 is 0 Å². The van der Waals surface area contributed by atoms with Gasteiger partial charge in [-0.25, -0.2) is 0 Å². The highest BCUT2D eigenvalue weighted by atomic mass is 35.5. The molecule has 0 saturated carbocycles. The minimum atomic E-state index is -0.401. The van der Waals surface area contributed by atoms with E-state index in [4.69, 9.17) is 23.2 Å². The lowest BCUT2D eigenvalue weighted by Gasteiger charge is -2.02. The Morgan fingerprint density at radius 1 is 0.650 bits per heavy atom. The molecule has 20 heavy (non-hydrogen) atoms. The maximum atomic E-state index is 11.9. The fourth-order valence-electron chi connectivity index (χ4n) is 1.77. The standard InChI is InChI=1S/C16H12Cl2O2/c17-13-5-1-11(2-6-13)9-15(19)16(20)10-12-3-7-14(18)8-4-12/h1-8H,9-10H2. The van der Waals surface area contributed by atoms with Gasteiger partial charge in [-0.2, -0.15) is 0 Å². The van der Waals surface area contributed by atoms with Gasteiger partial charge in [0.1, 0.15) is 0 Å². The molecule has 2 nitrogen and oxygen atoms in total.